The van der Waals surface area contributed by atoms with Gasteiger partial charge in [0.2, 0.25) is 0 Å². The number of nitrogens with zero attached hydrogens (tertiary/aromatic N) is 1. The van der Waals surface area contributed by atoms with Crippen molar-refractivity contribution in [1.82, 2.24) is 5.32 Å². The third kappa shape index (κ3) is 5.94. The number of amides is 2. The first-order valence-corrected chi connectivity index (χ1v) is 8.71. The van der Waals surface area contributed by atoms with E-state index < -0.39 is 16.7 Å². The molecule has 0 aliphatic rings. The summed E-state index contributed by atoms with van der Waals surface area (Å²) in [6.07, 6.45) is 3.32. The smallest absolute Gasteiger partial charge is 0.269 e. The number of non-ortho nitro benzene ring substituents is 1. The number of nitrogens with one attached hydrogen (secondary N) is 1. The number of hydrogen-bond acceptors (Lipinski definition) is 5. The van der Waals surface area contributed by atoms with Crippen molar-refractivity contribution < 1.29 is 19.2 Å². The van der Waals surface area contributed by atoms with Crippen LogP contribution in [0.25, 0.3) is 6.08 Å². The molecule has 2 rings (SSSR count). The second-order valence-corrected chi connectivity index (χ2v) is 5.95. The molecule has 2 aromatic carbocycles. The first-order valence-electron chi connectivity index (χ1n) is 8.71. The van der Waals surface area contributed by atoms with Crippen molar-refractivity contribution in [2.24, 2.45) is 5.73 Å². The third-order valence-corrected chi connectivity index (χ3v) is 3.81. The Bertz CT molecular complexity index is 874. The Morgan fingerprint density at radius 2 is 1.79 bits per heavy atom. The number of nitrogens with two attached hydrogens (primary N) is 1. The molecule has 0 aliphatic carbocycles. The van der Waals surface area contributed by atoms with E-state index in [9.17, 15) is 19.7 Å². The van der Waals surface area contributed by atoms with E-state index in [4.69, 9.17) is 10.5 Å². The molecule has 0 saturated heterocycles. The fraction of sp³-hybridized carbons (Fsp3) is 0.200. The summed E-state index contributed by atoms with van der Waals surface area (Å²) in [5.41, 5.74) is 5.95. The van der Waals surface area contributed by atoms with Crippen molar-refractivity contribution in [2.45, 2.75) is 19.8 Å². The van der Waals surface area contributed by atoms with E-state index in [2.05, 4.69) is 12.2 Å². The average Bonchev–Trinajstić information content (AvgIpc) is 2.68. The molecule has 2 amide bonds. The minimum absolute atomic E-state index is 0.0805. The molecule has 8 heteroatoms. The Morgan fingerprint density at radius 3 is 2.32 bits per heavy atom. The van der Waals surface area contributed by atoms with Crippen LogP contribution < -0.4 is 15.8 Å². The predicted molar refractivity (Wildman–Crippen MR) is 105 cm³/mol. The zero-order valence-corrected chi connectivity index (χ0v) is 15.4. The van der Waals surface area contributed by atoms with Crippen molar-refractivity contribution in [3.8, 4) is 5.75 Å². The number of rotatable bonds is 9. The molecular formula is C20H21N3O5. The van der Waals surface area contributed by atoms with Crippen LogP contribution in [0.4, 0.5) is 5.69 Å². The Kier molecular flexibility index (Phi) is 7.27. The number of carbonyl (C=O) groups excluding carboxylic acids is 2. The molecule has 0 saturated carbocycles. The van der Waals surface area contributed by atoms with Crippen LogP contribution >= 0.6 is 0 Å². The molecule has 8 nitrogen and oxygen atoms in total. The van der Waals surface area contributed by atoms with Gasteiger partial charge in [-0.25, -0.2) is 0 Å². The average molecular weight is 383 g/mol. The lowest BCUT2D eigenvalue weighted by Crippen LogP contribution is -2.31. The van der Waals surface area contributed by atoms with E-state index in [1.165, 1.54) is 30.3 Å². The fourth-order valence-electron chi connectivity index (χ4n) is 2.26. The maximum atomic E-state index is 12.4. The number of benzene rings is 2. The summed E-state index contributed by atoms with van der Waals surface area (Å²) in [7, 11) is 0. The van der Waals surface area contributed by atoms with Gasteiger partial charge in [0.15, 0.2) is 0 Å². The number of nitro benzene ring substituents is 1. The quantitative estimate of drug-likeness (QED) is 0.298. The highest BCUT2D eigenvalue weighted by Gasteiger charge is 2.13. The summed E-state index contributed by atoms with van der Waals surface area (Å²) in [4.78, 5) is 34.2. The Morgan fingerprint density at radius 1 is 1.14 bits per heavy atom. The third-order valence-electron chi connectivity index (χ3n) is 3.81. The maximum absolute atomic E-state index is 12.4. The van der Waals surface area contributed by atoms with Gasteiger partial charge >= 0.3 is 0 Å². The second kappa shape index (κ2) is 9.86. The van der Waals surface area contributed by atoms with Crippen LogP contribution in [0.5, 0.6) is 5.75 Å². The number of unbranched alkanes of at least 4 members (excludes halogenated alkanes) is 1. The van der Waals surface area contributed by atoms with Gasteiger partial charge in [-0.2, -0.15) is 0 Å². The van der Waals surface area contributed by atoms with Gasteiger partial charge in [0.1, 0.15) is 11.4 Å². The number of nitro groups is 1. The lowest BCUT2D eigenvalue weighted by atomic mass is 10.1. The molecule has 146 valence electrons. The highest BCUT2D eigenvalue weighted by atomic mass is 16.6. The molecule has 0 aliphatic heterocycles. The largest absolute Gasteiger partial charge is 0.494 e. The van der Waals surface area contributed by atoms with Gasteiger partial charge < -0.3 is 15.8 Å². The number of primary amides is 1. The highest BCUT2D eigenvalue weighted by molar-refractivity contribution is 6.04. The van der Waals surface area contributed by atoms with E-state index in [1.54, 1.807) is 24.3 Å². The Hall–Kier alpha value is -3.68. The predicted octanol–water partition coefficient (Wildman–Crippen LogP) is 3.03. The maximum Gasteiger partial charge on any atom is 0.269 e. The van der Waals surface area contributed by atoms with Crippen LogP contribution in [0.15, 0.2) is 54.2 Å². The minimum Gasteiger partial charge on any atom is -0.494 e. The Balaban J connectivity index is 2.09. The van der Waals surface area contributed by atoms with Gasteiger partial charge in [-0.05, 0) is 54.5 Å². The zero-order valence-electron chi connectivity index (χ0n) is 15.4. The van der Waals surface area contributed by atoms with E-state index in [-0.39, 0.29) is 11.4 Å². The van der Waals surface area contributed by atoms with Crippen molar-refractivity contribution in [3.05, 3.63) is 75.5 Å². The fourth-order valence-corrected chi connectivity index (χ4v) is 2.26. The van der Waals surface area contributed by atoms with Gasteiger partial charge in [-0.15, -0.1) is 0 Å². The first-order chi connectivity index (χ1) is 13.4. The van der Waals surface area contributed by atoms with Gasteiger partial charge in [-0.3, -0.25) is 19.7 Å². The van der Waals surface area contributed by atoms with Gasteiger partial charge in [0, 0.05) is 17.7 Å². The van der Waals surface area contributed by atoms with Gasteiger partial charge in [0.25, 0.3) is 17.5 Å². The number of hydrogen-bond donors (Lipinski definition) is 2. The lowest BCUT2D eigenvalue weighted by Gasteiger charge is -2.09. The van der Waals surface area contributed by atoms with E-state index in [0.717, 1.165) is 12.8 Å². The molecule has 0 fully saturated rings. The summed E-state index contributed by atoms with van der Waals surface area (Å²) >= 11 is 0. The zero-order chi connectivity index (χ0) is 20.5. The number of ether oxygens (including phenoxy) is 1. The van der Waals surface area contributed by atoms with Crippen LogP contribution in [0.2, 0.25) is 0 Å². The molecular weight excluding hydrogens is 362 g/mol. The van der Waals surface area contributed by atoms with Gasteiger partial charge in [0.05, 0.1) is 11.5 Å². The van der Waals surface area contributed by atoms with Crippen molar-refractivity contribution >= 4 is 23.6 Å². The van der Waals surface area contributed by atoms with Crippen molar-refractivity contribution in [2.75, 3.05) is 6.61 Å². The van der Waals surface area contributed by atoms with E-state index in [0.29, 0.717) is 23.5 Å². The van der Waals surface area contributed by atoms with Crippen molar-refractivity contribution in [1.29, 1.82) is 0 Å². The second-order valence-electron chi connectivity index (χ2n) is 5.95. The molecule has 0 unspecified atom stereocenters. The van der Waals surface area contributed by atoms with Gasteiger partial charge in [-0.1, -0.05) is 13.3 Å². The molecule has 0 radical (unpaired) electrons. The summed E-state index contributed by atoms with van der Waals surface area (Å²) in [5, 5.41) is 13.2. The van der Waals surface area contributed by atoms with Crippen LogP contribution in [0, 0.1) is 10.1 Å². The lowest BCUT2D eigenvalue weighted by molar-refractivity contribution is -0.384. The molecule has 28 heavy (non-hydrogen) atoms. The van der Waals surface area contributed by atoms with Crippen molar-refractivity contribution in [3.63, 3.8) is 0 Å². The van der Waals surface area contributed by atoms with E-state index >= 15 is 0 Å². The van der Waals surface area contributed by atoms with Crippen LogP contribution in [0.1, 0.15) is 35.7 Å². The minimum atomic E-state index is -0.828. The molecule has 3 N–H and O–H groups in total. The molecule has 2 aromatic rings. The topological polar surface area (TPSA) is 125 Å². The van der Waals surface area contributed by atoms with E-state index in [1.807, 2.05) is 0 Å². The summed E-state index contributed by atoms with van der Waals surface area (Å²) in [6, 6.07) is 12.0. The summed E-state index contributed by atoms with van der Waals surface area (Å²) in [6.45, 7) is 2.67. The van der Waals surface area contributed by atoms with Crippen LogP contribution in [-0.2, 0) is 4.79 Å². The molecule has 0 bridgehead atoms. The summed E-state index contributed by atoms with van der Waals surface area (Å²) in [5.74, 6) is -0.681. The monoisotopic (exact) mass is 383 g/mol. The molecule has 0 atom stereocenters. The van der Waals surface area contributed by atoms with Crippen LogP contribution in [-0.4, -0.2) is 23.3 Å². The highest BCUT2D eigenvalue weighted by Crippen LogP contribution is 2.15. The standard InChI is InChI=1S/C20H21N3O5/c1-2-3-12-28-17-10-6-15(7-11-17)20(25)22-18(19(21)24)13-14-4-8-16(9-5-14)23(26)27/h4-11,13H,2-3,12H2,1H3,(H2,21,24)(H,22,25)/b18-13+. The molecule has 0 spiro atoms. The summed E-state index contributed by atoms with van der Waals surface area (Å²) < 4.78 is 5.54. The first kappa shape index (κ1) is 20.6. The van der Waals surface area contributed by atoms with Crippen LogP contribution in [0.3, 0.4) is 0 Å². The normalized spacial score (nSPS) is 11.0. The SMILES string of the molecule is CCCCOc1ccc(C(=O)N/C(=C/c2ccc([N+](=O)[O-])cc2)C(N)=O)cc1. The number of carbonyl (C=O) groups is 2. The molecule has 0 aromatic heterocycles. The Labute approximate surface area is 162 Å². The molecule has 0 heterocycles.